The first kappa shape index (κ1) is 17.5. The highest BCUT2D eigenvalue weighted by atomic mass is 19.4. The first-order valence-corrected chi connectivity index (χ1v) is 7.06. The van der Waals surface area contributed by atoms with Crippen molar-refractivity contribution in [1.82, 2.24) is 9.88 Å². The number of hydrogen-bond donors (Lipinski definition) is 1. The molecule has 9 heteroatoms. The van der Waals surface area contributed by atoms with E-state index in [1.807, 2.05) is 0 Å². The Hall–Kier alpha value is -1.87. The number of nitrogens with zero attached hydrogens (tertiary/aromatic N) is 3. The normalized spacial score (nSPS) is 19.2. The number of carbonyl (C=O) groups is 1. The van der Waals surface area contributed by atoms with Crippen molar-refractivity contribution in [2.45, 2.75) is 12.3 Å². The minimum absolute atomic E-state index is 0.123. The average molecular weight is 333 g/mol. The number of aliphatic carboxylic acids is 1. The molecule has 0 aromatic carbocycles. The Morgan fingerprint density at radius 2 is 2.30 bits per heavy atom. The lowest BCUT2D eigenvalue weighted by molar-refractivity contribution is -0.138. The maximum atomic E-state index is 12.8. The Morgan fingerprint density at radius 3 is 2.96 bits per heavy atom. The second-order valence-electron chi connectivity index (χ2n) is 5.43. The molecule has 128 valence electrons. The van der Waals surface area contributed by atoms with Crippen LogP contribution < -0.4 is 4.90 Å². The largest absolute Gasteiger partial charge is 0.480 e. The van der Waals surface area contributed by atoms with E-state index in [1.54, 1.807) is 16.8 Å². The number of halogens is 3. The van der Waals surface area contributed by atoms with Crippen LogP contribution in [0, 0.1) is 0 Å². The molecule has 1 aliphatic rings. The van der Waals surface area contributed by atoms with E-state index < -0.39 is 17.7 Å². The van der Waals surface area contributed by atoms with E-state index in [2.05, 4.69) is 4.98 Å². The summed E-state index contributed by atoms with van der Waals surface area (Å²) in [7, 11) is 1.65. The number of pyridine rings is 1. The number of carboxylic acids is 1. The molecule has 2 heterocycles. The first-order chi connectivity index (χ1) is 10.8. The van der Waals surface area contributed by atoms with Gasteiger partial charge in [0.1, 0.15) is 5.82 Å². The Kier molecular flexibility index (Phi) is 5.42. The number of ether oxygens (including phenoxy) is 1. The molecule has 1 aromatic heterocycles. The summed E-state index contributed by atoms with van der Waals surface area (Å²) in [5.41, 5.74) is -0.742. The van der Waals surface area contributed by atoms with Gasteiger partial charge in [-0.1, -0.05) is 0 Å². The van der Waals surface area contributed by atoms with E-state index in [-0.39, 0.29) is 18.5 Å². The molecule has 1 aromatic rings. The highest BCUT2D eigenvalue weighted by Gasteiger charge is 2.32. The van der Waals surface area contributed by atoms with Crippen molar-refractivity contribution >= 4 is 11.8 Å². The van der Waals surface area contributed by atoms with Crippen molar-refractivity contribution in [3.63, 3.8) is 0 Å². The van der Waals surface area contributed by atoms with E-state index in [4.69, 9.17) is 9.84 Å². The van der Waals surface area contributed by atoms with Crippen LogP contribution in [0.3, 0.4) is 0 Å². The summed E-state index contributed by atoms with van der Waals surface area (Å²) in [6.07, 6.45) is -3.56. The number of aromatic nitrogens is 1. The Morgan fingerprint density at radius 1 is 1.57 bits per heavy atom. The van der Waals surface area contributed by atoms with Crippen molar-refractivity contribution in [3.8, 4) is 0 Å². The monoisotopic (exact) mass is 333 g/mol. The fourth-order valence-electron chi connectivity index (χ4n) is 2.45. The van der Waals surface area contributed by atoms with E-state index in [9.17, 15) is 18.0 Å². The quantitative estimate of drug-likeness (QED) is 0.877. The molecule has 6 nitrogen and oxygen atoms in total. The van der Waals surface area contributed by atoms with Crippen LogP contribution in [0.15, 0.2) is 18.3 Å². The Labute approximate surface area is 131 Å². The third kappa shape index (κ3) is 5.07. The van der Waals surface area contributed by atoms with Gasteiger partial charge in [-0.25, -0.2) is 4.98 Å². The van der Waals surface area contributed by atoms with Crippen molar-refractivity contribution < 1.29 is 27.8 Å². The van der Waals surface area contributed by atoms with Crippen molar-refractivity contribution in [1.29, 1.82) is 0 Å². The molecule has 1 unspecified atom stereocenters. The molecule has 0 radical (unpaired) electrons. The number of alkyl halides is 3. The molecule has 2 rings (SSSR count). The predicted molar refractivity (Wildman–Crippen MR) is 76.3 cm³/mol. The summed E-state index contributed by atoms with van der Waals surface area (Å²) in [4.78, 5) is 18.0. The zero-order valence-electron chi connectivity index (χ0n) is 12.6. The van der Waals surface area contributed by atoms with E-state index in [0.29, 0.717) is 26.2 Å². The SMILES string of the molecule is CN(CC(=O)O)CC1CN(c2cc(C(F)(F)F)ccn2)CCO1. The molecule has 1 fully saturated rings. The number of hydrogen-bond acceptors (Lipinski definition) is 5. The minimum atomic E-state index is -4.41. The summed E-state index contributed by atoms with van der Waals surface area (Å²) in [5, 5.41) is 8.74. The molecule has 1 aliphatic heterocycles. The Bertz CT molecular complexity index is 554. The smallest absolute Gasteiger partial charge is 0.416 e. The van der Waals surface area contributed by atoms with E-state index >= 15 is 0 Å². The third-order valence-electron chi connectivity index (χ3n) is 3.46. The van der Waals surface area contributed by atoms with Gasteiger partial charge in [0, 0.05) is 25.8 Å². The van der Waals surface area contributed by atoms with Gasteiger partial charge in [0.05, 0.1) is 24.8 Å². The standard InChI is InChI=1S/C14H18F3N3O3/c1-19(9-13(21)22)7-11-8-20(4-5-23-11)12-6-10(2-3-18-12)14(15,16)17/h2-3,6,11H,4-5,7-9H2,1H3,(H,21,22). The maximum absolute atomic E-state index is 12.8. The van der Waals surface area contributed by atoms with Crippen LogP contribution in [-0.4, -0.2) is 66.9 Å². The van der Waals surface area contributed by atoms with Gasteiger partial charge in [-0.05, 0) is 19.2 Å². The highest BCUT2D eigenvalue weighted by molar-refractivity contribution is 5.69. The topological polar surface area (TPSA) is 65.9 Å². The van der Waals surface area contributed by atoms with E-state index in [1.165, 1.54) is 0 Å². The van der Waals surface area contributed by atoms with Gasteiger partial charge in [-0.2, -0.15) is 13.2 Å². The van der Waals surface area contributed by atoms with E-state index in [0.717, 1.165) is 18.3 Å². The second-order valence-corrected chi connectivity index (χ2v) is 5.43. The summed E-state index contributed by atoms with van der Waals surface area (Å²) in [6, 6.07) is 1.95. The summed E-state index contributed by atoms with van der Waals surface area (Å²) in [5.74, 6) is -0.700. The average Bonchev–Trinajstić information content (AvgIpc) is 2.46. The van der Waals surface area contributed by atoms with Crippen LogP contribution in [0.5, 0.6) is 0 Å². The van der Waals surface area contributed by atoms with Crippen LogP contribution in [0.4, 0.5) is 19.0 Å². The molecule has 1 atom stereocenters. The zero-order valence-corrected chi connectivity index (χ0v) is 12.6. The number of anilines is 1. The van der Waals surface area contributed by atoms with Crippen LogP contribution in [0.2, 0.25) is 0 Å². The fraction of sp³-hybridized carbons (Fsp3) is 0.571. The van der Waals surface area contributed by atoms with Gasteiger partial charge in [0.2, 0.25) is 0 Å². The summed E-state index contributed by atoms with van der Waals surface area (Å²) in [6.45, 7) is 1.40. The van der Waals surface area contributed by atoms with Gasteiger partial charge in [-0.15, -0.1) is 0 Å². The molecule has 0 spiro atoms. The Balaban J connectivity index is 2.02. The van der Waals surface area contributed by atoms with Gasteiger partial charge < -0.3 is 14.7 Å². The lowest BCUT2D eigenvalue weighted by Crippen LogP contribution is -2.48. The fourth-order valence-corrected chi connectivity index (χ4v) is 2.45. The van der Waals surface area contributed by atoms with Gasteiger partial charge >= 0.3 is 12.1 Å². The predicted octanol–water partition coefficient (Wildman–Crippen LogP) is 1.32. The number of rotatable bonds is 5. The number of carboxylic acid groups (broad SMARTS) is 1. The second kappa shape index (κ2) is 7.14. The number of morpholine rings is 1. The molecular weight excluding hydrogens is 315 g/mol. The molecule has 1 saturated heterocycles. The highest BCUT2D eigenvalue weighted by Crippen LogP contribution is 2.31. The molecule has 23 heavy (non-hydrogen) atoms. The minimum Gasteiger partial charge on any atom is -0.480 e. The summed E-state index contributed by atoms with van der Waals surface area (Å²) >= 11 is 0. The van der Waals surface area contributed by atoms with Gasteiger partial charge in [0.25, 0.3) is 0 Å². The van der Waals surface area contributed by atoms with Crippen molar-refractivity contribution in [2.24, 2.45) is 0 Å². The lowest BCUT2D eigenvalue weighted by atomic mass is 10.2. The molecule has 1 N–H and O–H groups in total. The van der Waals surface area contributed by atoms with Gasteiger partial charge in [0.15, 0.2) is 0 Å². The molecule has 0 amide bonds. The molecule has 0 bridgehead atoms. The van der Waals surface area contributed by atoms with Crippen molar-refractivity contribution in [2.75, 3.05) is 44.7 Å². The maximum Gasteiger partial charge on any atom is 0.416 e. The molecular formula is C14H18F3N3O3. The summed E-state index contributed by atoms with van der Waals surface area (Å²) < 4.78 is 43.9. The number of likely N-dealkylation sites (N-methyl/N-ethyl adjacent to an activating group) is 1. The van der Waals surface area contributed by atoms with Crippen LogP contribution >= 0.6 is 0 Å². The molecule has 0 saturated carbocycles. The van der Waals surface area contributed by atoms with Crippen LogP contribution in [0.25, 0.3) is 0 Å². The van der Waals surface area contributed by atoms with Gasteiger partial charge in [-0.3, -0.25) is 9.69 Å². The van der Waals surface area contributed by atoms with Crippen LogP contribution in [-0.2, 0) is 15.7 Å². The molecule has 0 aliphatic carbocycles. The third-order valence-corrected chi connectivity index (χ3v) is 3.46. The first-order valence-electron chi connectivity index (χ1n) is 7.06. The lowest BCUT2D eigenvalue weighted by Gasteiger charge is -2.35. The van der Waals surface area contributed by atoms with Crippen molar-refractivity contribution in [3.05, 3.63) is 23.9 Å². The van der Waals surface area contributed by atoms with Crippen LogP contribution in [0.1, 0.15) is 5.56 Å². The zero-order chi connectivity index (χ0) is 17.0.